The molecule has 4 atom stereocenters. The number of aliphatic carboxylic acids is 1. The summed E-state index contributed by atoms with van der Waals surface area (Å²) in [5.74, 6) is -1.18. The lowest BCUT2D eigenvalue weighted by atomic mass is 9.84. The number of piperidine rings is 1. The third-order valence-electron chi connectivity index (χ3n) is 5.58. The van der Waals surface area contributed by atoms with Crippen LogP contribution >= 0.6 is 0 Å². The van der Waals surface area contributed by atoms with Crippen LogP contribution in [-0.4, -0.2) is 41.6 Å². The molecule has 0 bridgehead atoms. The number of nitrogens with zero attached hydrogens (tertiary/aromatic N) is 1. The second-order valence-electron chi connectivity index (χ2n) is 7.45. The Labute approximate surface area is 149 Å². The predicted octanol–water partition coefficient (Wildman–Crippen LogP) is 3.03. The number of amides is 1. The van der Waals surface area contributed by atoms with E-state index in [1.807, 2.05) is 30.9 Å². The largest absolute Gasteiger partial charge is 0.481 e. The van der Waals surface area contributed by atoms with E-state index in [4.69, 9.17) is 4.74 Å². The lowest BCUT2D eigenvalue weighted by Gasteiger charge is -2.39. The molecule has 0 saturated carbocycles. The molecular weight excluding hydrogens is 318 g/mol. The molecule has 0 spiro atoms. The van der Waals surface area contributed by atoms with Gasteiger partial charge in [-0.15, -0.1) is 0 Å². The molecule has 1 aromatic rings. The summed E-state index contributed by atoms with van der Waals surface area (Å²) in [5.41, 5.74) is 2.24. The number of hydrogen-bond donors (Lipinski definition) is 1. The molecule has 2 aliphatic rings. The summed E-state index contributed by atoms with van der Waals surface area (Å²) in [6.07, 6.45) is 2.05. The average molecular weight is 345 g/mol. The Kier molecular flexibility index (Phi) is 5.42. The van der Waals surface area contributed by atoms with Gasteiger partial charge in [0, 0.05) is 19.7 Å². The van der Waals surface area contributed by atoms with E-state index in [2.05, 4.69) is 12.1 Å². The fourth-order valence-corrected chi connectivity index (χ4v) is 4.07. The number of rotatable bonds is 3. The summed E-state index contributed by atoms with van der Waals surface area (Å²) in [7, 11) is 0. The summed E-state index contributed by atoms with van der Waals surface area (Å²) in [4.78, 5) is 26.3. The smallest absolute Gasteiger partial charge is 0.306 e. The molecule has 1 amide bonds. The number of carbonyl (C=O) groups excluding carboxylic acids is 1. The Morgan fingerprint density at radius 2 is 1.88 bits per heavy atom. The maximum absolute atomic E-state index is 13.1. The van der Waals surface area contributed by atoms with Gasteiger partial charge in [-0.2, -0.15) is 0 Å². The normalized spacial score (nSPS) is 30.1. The second-order valence-corrected chi connectivity index (χ2v) is 7.45. The Hall–Kier alpha value is -1.88. The van der Waals surface area contributed by atoms with Crippen molar-refractivity contribution in [1.82, 2.24) is 4.90 Å². The molecule has 5 nitrogen and oxygen atoms in total. The monoisotopic (exact) mass is 345 g/mol. The van der Waals surface area contributed by atoms with Crippen molar-refractivity contribution >= 4 is 11.9 Å². The molecule has 0 radical (unpaired) electrons. The zero-order valence-corrected chi connectivity index (χ0v) is 15.0. The van der Waals surface area contributed by atoms with E-state index in [0.29, 0.717) is 26.1 Å². The molecule has 2 fully saturated rings. The number of benzene rings is 1. The highest BCUT2D eigenvalue weighted by atomic mass is 16.5. The van der Waals surface area contributed by atoms with E-state index in [9.17, 15) is 14.7 Å². The third-order valence-corrected chi connectivity index (χ3v) is 5.58. The van der Waals surface area contributed by atoms with Gasteiger partial charge in [-0.3, -0.25) is 9.59 Å². The number of carboxylic acids is 1. The van der Waals surface area contributed by atoms with Gasteiger partial charge in [0.2, 0.25) is 5.91 Å². The highest BCUT2D eigenvalue weighted by Gasteiger charge is 2.39. The number of aryl methyl sites for hydroxylation is 1. The summed E-state index contributed by atoms with van der Waals surface area (Å²) >= 11 is 0. The van der Waals surface area contributed by atoms with Gasteiger partial charge in [0.25, 0.3) is 0 Å². The average Bonchev–Trinajstić information content (AvgIpc) is 2.61. The highest BCUT2D eigenvalue weighted by Crippen LogP contribution is 2.36. The maximum Gasteiger partial charge on any atom is 0.306 e. The molecule has 1 N–H and O–H groups in total. The van der Waals surface area contributed by atoms with Crippen LogP contribution in [0.3, 0.4) is 0 Å². The molecular formula is C20H27NO4. The topological polar surface area (TPSA) is 66.8 Å². The van der Waals surface area contributed by atoms with Crippen LogP contribution in [0.15, 0.2) is 24.3 Å². The minimum atomic E-state index is -0.752. The highest BCUT2D eigenvalue weighted by molar-refractivity contribution is 5.80. The molecule has 3 rings (SSSR count). The minimum absolute atomic E-state index is 0.0162. The lowest BCUT2D eigenvalue weighted by molar-refractivity contribution is -0.153. The number of likely N-dealkylation sites (tertiary alicyclic amines) is 1. The van der Waals surface area contributed by atoms with Gasteiger partial charge in [-0.1, -0.05) is 36.8 Å². The fourth-order valence-electron chi connectivity index (χ4n) is 4.07. The van der Waals surface area contributed by atoms with Crippen molar-refractivity contribution in [2.45, 2.75) is 39.2 Å². The summed E-state index contributed by atoms with van der Waals surface area (Å²) in [5, 5.41) is 9.27. The van der Waals surface area contributed by atoms with Crippen LogP contribution in [0.2, 0.25) is 0 Å². The van der Waals surface area contributed by atoms with Crippen molar-refractivity contribution in [2.24, 2.45) is 17.8 Å². The SMILES string of the molecule is Cc1ccc(C2OCCCC2C(=O)N2CCC(C(=O)O)C(C)C2)cc1. The molecule has 2 saturated heterocycles. The van der Waals surface area contributed by atoms with E-state index < -0.39 is 5.97 Å². The molecule has 1 aromatic carbocycles. The van der Waals surface area contributed by atoms with Crippen LogP contribution in [0.1, 0.15) is 43.4 Å². The van der Waals surface area contributed by atoms with Gasteiger partial charge in [-0.05, 0) is 37.7 Å². The lowest BCUT2D eigenvalue weighted by Crippen LogP contribution is -2.48. The molecule has 4 unspecified atom stereocenters. The van der Waals surface area contributed by atoms with Gasteiger partial charge >= 0.3 is 5.97 Å². The van der Waals surface area contributed by atoms with Gasteiger partial charge < -0.3 is 14.7 Å². The zero-order valence-electron chi connectivity index (χ0n) is 15.0. The molecule has 136 valence electrons. The quantitative estimate of drug-likeness (QED) is 0.914. The Bertz CT molecular complexity index is 627. The second kappa shape index (κ2) is 7.56. The van der Waals surface area contributed by atoms with Crippen molar-refractivity contribution in [3.63, 3.8) is 0 Å². The van der Waals surface area contributed by atoms with Gasteiger partial charge in [0.1, 0.15) is 0 Å². The molecule has 0 aromatic heterocycles. The first-order valence-electron chi connectivity index (χ1n) is 9.17. The number of ether oxygens (including phenoxy) is 1. The first-order chi connectivity index (χ1) is 12.0. The van der Waals surface area contributed by atoms with Crippen LogP contribution in [0.5, 0.6) is 0 Å². The molecule has 25 heavy (non-hydrogen) atoms. The minimum Gasteiger partial charge on any atom is -0.481 e. The van der Waals surface area contributed by atoms with Crippen molar-refractivity contribution in [3.8, 4) is 0 Å². The van der Waals surface area contributed by atoms with Crippen molar-refractivity contribution in [2.75, 3.05) is 19.7 Å². The van der Waals surface area contributed by atoms with E-state index in [1.54, 1.807) is 0 Å². The Morgan fingerprint density at radius 1 is 1.16 bits per heavy atom. The standard InChI is InChI=1S/C20H27NO4/c1-13-5-7-15(8-6-13)18-17(4-3-11-25-18)19(22)21-10-9-16(20(23)24)14(2)12-21/h5-8,14,16-18H,3-4,9-12H2,1-2H3,(H,23,24). The summed E-state index contributed by atoms with van der Waals surface area (Å²) in [6, 6.07) is 8.19. The van der Waals surface area contributed by atoms with Gasteiger partial charge in [0.05, 0.1) is 17.9 Å². The van der Waals surface area contributed by atoms with Gasteiger partial charge in [0.15, 0.2) is 0 Å². The molecule has 0 aliphatic carbocycles. The van der Waals surface area contributed by atoms with E-state index in [0.717, 1.165) is 18.4 Å². The predicted molar refractivity (Wildman–Crippen MR) is 94.1 cm³/mol. The molecule has 2 heterocycles. The summed E-state index contributed by atoms with van der Waals surface area (Å²) in [6.45, 7) is 5.69. The molecule has 2 aliphatic heterocycles. The van der Waals surface area contributed by atoms with Crippen LogP contribution in [0.4, 0.5) is 0 Å². The van der Waals surface area contributed by atoms with Crippen LogP contribution in [0.25, 0.3) is 0 Å². The Morgan fingerprint density at radius 3 is 2.52 bits per heavy atom. The van der Waals surface area contributed by atoms with Crippen molar-refractivity contribution in [3.05, 3.63) is 35.4 Å². The van der Waals surface area contributed by atoms with E-state index in [1.165, 1.54) is 5.56 Å². The maximum atomic E-state index is 13.1. The number of hydrogen-bond acceptors (Lipinski definition) is 3. The Balaban J connectivity index is 1.73. The third kappa shape index (κ3) is 3.87. The van der Waals surface area contributed by atoms with E-state index in [-0.39, 0.29) is 29.8 Å². The summed E-state index contributed by atoms with van der Waals surface area (Å²) < 4.78 is 5.97. The molecule has 5 heteroatoms. The van der Waals surface area contributed by atoms with Crippen LogP contribution < -0.4 is 0 Å². The van der Waals surface area contributed by atoms with Crippen molar-refractivity contribution in [1.29, 1.82) is 0 Å². The van der Waals surface area contributed by atoms with Crippen molar-refractivity contribution < 1.29 is 19.4 Å². The zero-order chi connectivity index (χ0) is 18.0. The van der Waals surface area contributed by atoms with Crippen LogP contribution in [-0.2, 0) is 14.3 Å². The van der Waals surface area contributed by atoms with Gasteiger partial charge in [-0.25, -0.2) is 0 Å². The fraction of sp³-hybridized carbons (Fsp3) is 0.600. The van der Waals surface area contributed by atoms with E-state index >= 15 is 0 Å². The number of carboxylic acid groups (broad SMARTS) is 1. The van der Waals surface area contributed by atoms with Crippen LogP contribution in [0, 0.1) is 24.7 Å². The first-order valence-corrected chi connectivity index (χ1v) is 9.17. The first kappa shape index (κ1) is 17.9. The number of carbonyl (C=O) groups is 2.